The molecule has 166 valence electrons. The number of morpholine rings is 1. The molecule has 2 aliphatic rings. The van der Waals surface area contributed by atoms with Crippen LogP contribution >= 0.6 is 11.3 Å². The van der Waals surface area contributed by atoms with Crippen molar-refractivity contribution in [2.24, 2.45) is 0 Å². The monoisotopic (exact) mass is 452 g/mol. The number of aliphatic hydroxyl groups excluding tert-OH is 1. The molecular formula is C24H24N2O5S. The quantitative estimate of drug-likeness (QED) is 0.549. The molecule has 1 aromatic carbocycles. The number of hydrogen-bond acceptors (Lipinski definition) is 7. The average Bonchev–Trinajstić information content (AvgIpc) is 3.54. The van der Waals surface area contributed by atoms with Crippen LogP contribution in [-0.2, 0) is 9.53 Å². The second-order valence-electron chi connectivity index (χ2n) is 7.96. The summed E-state index contributed by atoms with van der Waals surface area (Å²) in [6.45, 7) is 4.47. The van der Waals surface area contributed by atoms with Crippen molar-refractivity contribution >= 4 is 34.0 Å². The van der Waals surface area contributed by atoms with Gasteiger partial charge in [-0.3, -0.25) is 14.5 Å². The number of carbonyl (C=O) groups is 2. The van der Waals surface area contributed by atoms with E-state index in [4.69, 9.17) is 9.15 Å². The zero-order valence-corrected chi connectivity index (χ0v) is 18.3. The van der Waals surface area contributed by atoms with Gasteiger partial charge in [-0.05, 0) is 30.0 Å². The van der Waals surface area contributed by atoms with Crippen molar-refractivity contribution in [1.82, 2.24) is 9.80 Å². The second-order valence-corrected chi connectivity index (χ2v) is 8.94. The fourth-order valence-corrected chi connectivity index (χ4v) is 5.22. The van der Waals surface area contributed by atoms with Gasteiger partial charge in [-0.15, -0.1) is 11.3 Å². The normalized spacial score (nSPS) is 19.9. The molecule has 0 spiro atoms. The maximum absolute atomic E-state index is 13.4. The van der Waals surface area contributed by atoms with Gasteiger partial charge in [-0.1, -0.05) is 24.3 Å². The number of ether oxygens (including phenoxy) is 1. The number of ketones is 1. The Morgan fingerprint density at radius 2 is 1.94 bits per heavy atom. The number of Topliss-reactive ketones (excluding diaryl/α,β-unsaturated/α-hetero) is 1. The van der Waals surface area contributed by atoms with Gasteiger partial charge in [0.15, 0.2) is 11.5 Å². The topological polar surface area (TPSA) is 83.2 Å². The van der Waals surface area contributed by atoms with E-state index in [0.29, 0.717) is 12.1 Å². The molecule has 0 bridgehead atoms. The van der Waals surface area contributed by atoms with E-state index in [9.17, 15) is 14.7 Å². The van der Waals surface area contributed by atoms with E-state index in [2.05, 4.69) is 4.90 Å². The number of rotatable bonds is 7. The van der Waals surface area contributed by atoms with E-state index in [0.717, 1.165) is 49.5 Å². The van der Waals surface area contributed by atoms with Gasteiger partial charge < -0.3 is 19.2 Å². The molecule has 1 saturated heterocycles. The van der Waals surface area contributed by atoms with E-state index in [-0.39, 0.29) is 11.3 Å². The third kappa shape index (κ3) is 3.85. The van der Waals surface area contributed by atoms with Gasteiger partial charge >= 0.3 is 0 Å². The summed E-state index contributed by atoms with van der Waals surface area (Å²) in [5, 5.41) is 13.5. The number of para-hydroxylation sites is 1. The van der Waals surface area contributed by atoms with Crippen molar-refractivity contribution in [2.45, 2.75) is 12.5 Å². The number of amides is 1. The highest BCUT2D eigenvalue weighted by Gasteiger charge is 2.44. The highest BCUT2D eigenvalue weighted by atomic mass is 32.1. The largest absolute Gasteiger partial charge is 0.503 e. The summed E-state index contributed by atoms with van der Waals surface area (Å²) >= 11 is 1.46. The molecule has 4 heterocycles. The van der Waals surface area contributed by atoms with Crippen molar-refractivity contribution in [2.75, 3.05) is 39.4 Å². The van der Waals surface area contributed by atoms with E-state index < -0.39 is 23.5 Å². The number of nitrogens with zero attached hydrogens (tertiary/aromatic N) is 2. The van der Waals surface area contributed by atoms with E-state index in [1.54, 1.807) is 17.0 Å². The maximum Gasteiger partial charge on any atom is 0.290 e. The van der Waals surface area contributed by atoms with Gasteiger partial charge in [-0.2, -0.15) is 0 Å². The highest BCUT2D eigenvalue weighted by Crippen LogP contribution is 2.41. The lowest BCUT2D eigenvalue weighted by Gasteiger charge is -2.29. The minimum absolute atomic E-state index is 0.0860. The summed E-state index contributed by atoms with van der Waals surface area (Å²) in [5.41, 5.74) is 0.679. The Hall–Kier alpha value is -2.94. The molecule has 0 saturated carbocycles. The molecule has 1 fully saturated rings. The van der Waals surface area contributed by atoms with E-state index in [1.165, 1.54) is 11.3 Å². The summed E-state index contributed by atoms with van der Waals surface area (Å²) in [7, 11) is 0. The molecule has 8 heteroatoms. The molecule has 5 rings (SSSR count). The fraction of sp³-hybridized carbons (Fsp3) is 0.333. The first-order chi connectivity index (χ1) is 15.6. The number of hydrogen-bond donors (Lipinski definition) is 1. The number of fused-ring (bicyclic) bond motifs is 1. The van der Waals surface area contributed by atoms with Gasteiger partial charge in [0.2, 0.25) is 5.78 Å². The molecule has 7 nitrogen and oxygen atoms in total. The van der Waals surface area contributed by atoms with Crippen molar-refractivity contribution in [3.63, 3.8) is 0 Å². The van der Waals surface area contributed by atoms with Crippen LogP contribution in [0.15, 0.2) is 63.6 Å². The average molecular weight is 453 g/mol. The Kier molecular flexibility index (Phi) is 5.82. The third-order valence-electron chi connectivity index (χ3n) is 5.99. The van der Waals surface area contributed by atoms with Crippen LogP contribution in [0, 0.1) is 0 Å². The standard InChI is InChI=1S/C24H24N2O5S/c27-22(18-15-16-5-1-2-6-17(16)31-18)20-21(19-7-3-14-32-19)26(24(29)23(20)28)9-4-8-25-10-12-30-13-11-25/h1-3,5-7,14-15,21,28H,4,8-13H2/t21-/m1/s1. The van der Waals surface area contributed by atoms with E-state index in [1.807, 2.05) is 35.7 Å². The van der Waals surface area contributed by atoms with Crippen molar-refractivity contribution in [3.05, 3.63) is 69.8 Å². The zero-order chi connectivity index (χ0) is 22.1. The van der Waals surface area contributed by atoms with Crippen molar-refractivity contribution in [1.29, 1.82) is 0 Å². The lowest BCUT2D eigenvalue weighted by Crippen LogP contribution is -2.39. The van der Waals surface area contributed by atoms with Crippen molar-refractivity contribution in [3.8, 4) is 0 Å². The molecule has 0 aliphatic carbocycles. The smallest absolute Gasteiger partial charge is 0.290 e. The molecule has 2 aliphatic heterocycles. The molecule has 2 aromatic heterocycles. The minimum Gasteiger partial charge on any atom is -0.503 e. The van der Waals surface area contributed by atoms with Crippen LogP contribution in [-0.4, -0.2) is 66.0 Å². The van der Waals surface area contributed by atoms with Gasteiger partial charge in [0.05, 0.1) is 24.8 Å². The highest BCUT2D eigenvalue weighted by molar-refractivity contribution is 7.10. The Morgan fingerprint density at radius 3 is 2.69 bits per heavy atom. The molecule has 3 aromatic rings. The lowest BCUT2D eigenvalue weighted by molar-refractivity contribution is -0.129. The summed E-state index contributed by atoms with van der Waals surface area (Å²) in [5.74, 6) is -1.33. The van der Waals surface area contributed by atoms with Crippen LogP contribution in [0.3, 0.4) is 0 Å². The maximum atomic E-state index is 13.4. The molecule has 1 amide bonds. The van der Waals surface area contributed by atoms with Crippen LogP contribution in [0.25, 0.3) is 11.0 Å². The van der Waals surface area contributed by atoms with Crippen LogP contribution < -0.4 is 0 Å². The summed E-state index contributed by atoms with van der Waals surface area (Å²) < 4.78 is 11.1. The van der Waals surface area contributed by atoms with Crippen molar-refractivity contribution < 1.29 is 23.8 Å². The predicted octanol–water partition coefficient (Wildman–Crippen LogP) is 3.79. The number of benzene rings is 1. The lowest BCUT2D eigenvalue weighted by atomic mass is 10.00. The molecule has 1 N–H and O–H groups in total. The second kappa shape index (κ2) is 8.90. The van der Waals surface area contributed by atoms with E-state index >= 15 is 0 Å². The minimum atomic E-state index is -0.618. The summed E-state index contributed by atoms with van der Waals surface area (Å²) in [6, 6.07) is 12.2. The molecule has 32 heavy (non-hydrogen) atoms. The first kappa shape index (κ1) is 20.9. The number of thiophene rings is 1. The number of furan rings is 1. The first-order valence-electron chi connectivity index (χ1n) is 10.7. The van der Waals surface area contributed by atoms with Crippen LogP contribution in [0.2, 0.25) is 0 Å². The molecule has 0 unspecified atom stereocenters. The van der Waals surface area contributed by atoms with Gasteiger partial charge in [0.25, 0.3) is 5.91 Å². The van der Waals surface area contributed by atoms with Gasteiger partial charge in [0.1, 0.15) is 5.58 Å². The number of carbonyl (C=O) groups excluding carboxylic acids is 2. The van der Waals surface area contributed by atoms with Gasteiger partial charge in [0, 0.05) is 36.4 Å². The summed E-state index contributed by atoms with van der Waals surface area (Å²) in [4.78, 5) is 31.2. The fourth-order valence-electron chi connectivity index (χ4n) is 4.37. The third-order valence-corrected chi connectivity index (χ3v) is 6.91. The summed E-state index contributed by atoms with van der Waals surface area (Å²) in [6.07, 6.45) is 0.743. The Labute approximate surface area is 189 Å². The number of aliphatic hydroxyl groups is 1. The first-order valence-corrected chi connectivity index (χ1v) is 11.6. The SMILES string of the molecule is O=C(C1=C(O)C(=O)N(CCCN2CCOCC2)[C@@H]1c1cccs1)c1cc2ccccc2o1. The molecule has 0 radical (unpaired) electrons. The predicted molar refractivity (Wildman–Crippen MR) is 121 cm³/mol. The molecule has 1 atom stereocenters. The van der Waals surface area contributed by atoms with Crippen LogP contribution in [0.5, 0.6) is 0 Å². The van der Waals surface area contributed by atoms with Crippen LogP contribution in [0.1, 0.15) is 27.9 Å². The Morgan fingerprint density at radius 1 is 1.12 bits per heavy atom. The van der Waals surface area contributed by atoms with Gasteiger partial charge in [-0.25, -0.2) is 0 Å². The Balaban J connectivity index is 1.41. The Bertz CT molecular complexity index is 1130. The van der Waals surface area contributed by atoms with Crippen LogP contribution in [0.4, 0.5) is 0 Å². The zero-order valence-electron chi connectivity index (χ0n) is 17.5. The molecular weight excluding hydrogens is 428 g/mol.